The summed E-state index contributed by atoms with van der Waals surface area (Å²) in [6, 6.07) is 6.24. The monoisotopic (exact) mass is 378 g/mol. The molecule has 1 heterocycles. The summed E-state index contributed by atoms with van der Waals surface area (Å²) < 4.78 is 25.1. The highest BCUT2D eigenvalue weighted by Crippen LogP contribution is 2.40. The molecule has 1 aliphatic rings. The number of allylic oxidation sites excluding steroid dienone is 2. The Morgan fingerprint density at radius 2 is 2.15 bits per heavy atom. The Hall–Kier alpha value is -2.36. The number of halogens is 2. The van der Waals surface area contributed by atoms with Crippen LogP contribution in [0.4, 0.5) is 4.39 Å². The van der Waals surface area contributed by atoms with Crippen LogP contribution in [0.15, 0.2) is 40.7 Å². The Morgan fingerprint density at radius 1 is 1.46 bits per heavy atom. The molecule has 0 aromatic heterocycles. The van der Waals surface area contributed by atoms with Gasteiger partial charge in [-0.05, 0) is 32.9 Å². The second kappa shape index (κ2) is 8.35. The molecule has 1 aromatic carbocycles. The van der Waals surface area contributed by atoms with Crippen molar-refractivity contribution in [3.8, 4) is 6.07 Å². The van der Waals surface area contributed by atoms with Crippen LogP contribution in [0.3, 0.4) is 0 Å². The minimum Gasteiger partial charge on any atom is -0.460 e. The Balaban J connectivity index is 2.70. The largest absolute Gasteiger partial charge is 0.460 e. The van der Waals surface area contributed by atoms with E-state index in [4.69, 9.17) is 21.1 Å². The summed E-state index contributed by atoms with van der Waals surface area (Å²) in [5.74, 6) is -2.13. The van der Waals surface area contributed by atoms with Gasteiger partial charge in [-0.15, -0.1) is 0 Å². The molecule has 5 nitrogen and oxygen atoms in total. The molecule has 0 fully saturated rings. The van der Waals surface area contributed by atoms with E-state index in [-0.39, 0.29) is 34.4 Å². The summed E-state index contributed by atoms with van der Waals surface area (Å²) in [6.07, 6.45) is -0.368. The third kappa shape index (κ3) is 4.06. The molecular weight excluding hydrogens is 359 g/mol. The van der Waals surface area contributed by atoms with Gasteiger partial charge in [-0.25, -0.2) is 9.18 Å². The van der Waals surface area contributed by atoms with Gasteiger partial charge in [0.1, 0.15) is 5.82 Å². The van der Waals surface area contributed by atoms with Crippen LogP contribution >= 0.6 is 11.6 Å². The standard InChI is InChI=1S/C19H20ClFN2O3/c1-10(2)26-19(24)18-16(9-25-4)23-11(3)14(8-22)17(18)13-6-5-12(20)7-15(13)21/h5-7,10,17,23H,9H2,1-4H3. The van der Waals surface area contributed by atoms with Crippen molar-refractivity contribution in [1.82, 2.24) is 5.32 Å². The SMILES string of the molecule is COCC1=C(C(=O)OC(C)C)C(c2ccc(Cl)cc2F)C(C#N)=C(C)N1. The highest BCUT2D eigenvalue weighted by Gasteiger charge is 2.37. The van der Waals surface area contributed by atoms with Gasteiger partial charge in [-0.3, -0.25) is 0 Å². The first-order valence-electron chi connectivity index (χ1n) is 8.05. The van der Waals surface area contributed by atoms with E-state index in [9.17, 15) is 14.4 Å². The van der Waals surface area contributed by atoms with E-state index >= 15 is 0 Å². The van der Waals surface area contributed by atoms with Crippen LogP contribution in [0, 0.1) is 17.1 Å². The van der Waals surface area contributed by atoms with Crippen LogP contribution in [0.5, 0.6) is 0 Å². The van der Waals surface area contributed by atoms with Gasteiger partial charge >= 0.3 is 5.97 Å². The van der Waals surface area contributed by atoms with Crippen molar-refractivity contribution in [2.75, 3.05) is 13.7 Å². The minimum absolute atomic E-state index is 0.0876. The maximum absolute atomic E-state index is 14.6. The first-order valence-corrected chi connectivity index (χ1v) is 8.43. The summed E-state index contributed by atoms with van der Waals surface area (Å²) in [7, 11) is 1.48. The number of esters is 1. The Bertz CT molecular complexity index is 825. The summed E-state index contributed by atoms with van der Waals surface area (Å²) >= 11 is 5.85. The topological polar surface area (TPSA) is 71.3 Å². The fraction of sp³-hybridized carbons (Fsp3) is 0.368. The third-order valence-corrected chi connectivity index (χ3v) is 4.13. The smallest absolute Gasteiger partial charge is 0.337 e. The molecule has 1 aromatic rings. The Kier molecular flexibility index (Phi) is 6.41. The van der Waals surface area contributed by atoms with E-state index < -0.39 is 17.7 Å². The van der Waals surface area contributed by atoms with Gasteiger partial charge in [-0.1, -0.05) is 17.7 Å². The lowest BCUT2D eigenvalue weighted by Crippen LogP contribution is -2.32. The number of hydrogen-bond acceptors (Lipinski definition) is 5. The molecule has 0 radical (unpaired) electrons. The summed E-state index contributed by atoms with van der Waals surface area (Å²) in [6.45, 7) is 5.22. The van der Waals surface area contributed by atoms with Crippen LogP contribution in [-0.4, -0.2) is 25.8 Å². The van der Waals surface area contributed by atoms with Crippen LogP contribution in [0.2, 0.25) is 5.02 Å². The Morgan fingerprint density at radius 3 is 2.69 bits per heavy atom. The van der Waals surface area contributed by atoms with Gasteiger partial charge in [0.2, 0.25) is 0 Å². The zero-order chi connectivity index (χ0) is 19.4. The van der Waals surface area contributed by atoms with E-state index in [1.54, 1.807) is 20.8 Å². The zero-order valence-corrected chi connectivity index (χ0v) is 15.8. The predicted octanol–water partition coefficient (Wildman–Crippen LogP) is 3.82. The second-order valence-corrected chi connectivity index (χ2v) is 6.59. The van der Waals surface area contributed by atoms with E-state index in [0.717, 1.165) is 6.07 Å². The van der Waals surface area contributed by atoms with Crippen molar-refractivity contribution >= 4 is 17.6 Å². The second-order valence-electron chi connectivity index (χ2n) is 6.15. The summed E-state index contributed by atoms with van der Waals surface area (Å²) in [4.78, 5) is 12.8. The maximum Gasteiger partial charge on any atom is 0.337 e. The average molecular weight is 379 g/mol. The van der Waals surface area contributed by atoms with Crippen molar-refractivity contribution in [3.05, 3.63) is 57.1 Å². The molecule has 0 saturated heterocycles. The maximum atomic E-state index is 14.6. The minimum atomic E-state index is -0.907. The number of methoxy groups -OCH3 is 1. The van der Waals surface area contributed by atoms with Crippen LogP contribution in [-0.2, 0) is 14.3 Å². The number of nitriles is 1. The van der Waals surface area contributed by atoms with Gasteiger partial charge < -0.3 is 14.8 Å². The van der Waals surface area contributed by atoms with E-state index in [2.05, 4.69) is 11.4 Å². The Labute approximate surface area is 157 Å². The van der Waals surface area contributed by atoms with Crippen molar-refractivity contribution < 1.29 is 18.7 Å². The third-order valence-electron chi connectivity index (χ3n) is 3.89. The molecule has 0 spiro atoms. The molecule has 2 rings (SSSR count). The number of carbonyl (C=O) groups excluding carboxylic acids is 1. The number of nitrogens with one attached hydrogen (secondary N) is 1. The van der Waals surface area contributed by atoms with Gasteiger partial charge in [0.25, 0.3) is 0 Å². The molecule has 1 unspecified atom stereocenters. The highest BCUT2D eigenvalue weighted by molar-refractivity contribution is 6.30. The first-order chi connectivity index (χ1) is 12.3. The molecule has 1 aliphatic heterocycles. The van der Waals surface area contributed by atoms with Gasteiger partial charge in [-0.2, -0.15) is 5.26 Å². The van der Waals surface area contributed by atoms with Crippen molar-refractivity contribution in [1.29, 1.82) is 5.26 Å². The molecule has 0 bridgehead atoms. The zero-order valence-electron chi connectivity index (χ0n) is 15.0. The molecule has 0 amide bonds. The van der Waals surface area contributed by atoms with E-state index in [1.807, 2.05) is 0 Å². The molecular formula is C19H20ClFN2O3. The summed E-state index contributed by atoms with van der Waals surface area (Å²) in [5.41, 5.74) is 1.54. The van der Waals surface area contributed by atoms with E-state index in [0.29, 0.717) is 11.4 Å². The fourth-order valence-electron chi connectivity index (χ4n) is 2.87. The van der Waals surface area contributed by atoms with Crippen molar-refractivity contribution in [3.63, 3.8) is 0 Å². The van der Waals surface area contributed by atoms with Crippen LogP contribution in [0.25, 0.3) is 0 Å². The highest BCUT2D eigenvalue weighted by atomic mass is 35.5. The average Bonchev–Trinajstić information content (AvgIpc) is 2.54. The van der Waals surface area contributed by atoms with Crippen molar-refractivity contribution in [2.24, 2.45) is 0 Å². The molecule has 138 valence electrons. The number of dihydropyridines is 1. The molecule has 1 N–H and O–H groups in total. The first kappa shape index (κ1) is 20.0. The summed E-state index contributed by atoms with van der Waals surface area (Å²) in [5, 5.41) is 12.9. The lowest BCUT2D eigenvalue weighted by molar-refractivity contribution is -0.143. The number of rotatable bonds is 5. The van der Waals surface area contributed by atoms with Crippen LogP contribution in [0.1, 0.15) is 32.3 Å². The number of carbonyl (C=O) groups is 1. The molecule has 0 aliphatic carbocycles. The normalized spacial score (nSPS) is 17.2. The lowest BCUT2D eigenvalue weighted by Gasteiger charge is -2.30. The van der Waals surface area contributed by atoms with Gasteiger partial charge in [0.05, 0.1) is 41.5 Å². The number of benzene rings is 1. The van der Waals surface area contributed by atoms with E-state index in [1.165, 1.54) is 19.2 Å². The fourth-order valence-corrected chi connectivity index (χ4v) is 3.03. The van der Waals surface area contributed by atoms with Gasteiger partial charge in [0.15, 0.2) is 0 Å². The lowest BCUT2D eigenvalue weighted by atomic mass is 9.80. The quantitative estimate of drug-likeness (QED) is 0.789. The number of nitrogens with zero attached hydrogens (tertiary/aromatic N) is 1. The molecule has 7 heteroatoms. The molecule has 26 heavy (non-hydrogen) atoms. The number of ether oxygens (including phenoxy) is 2. The molecule has 1 atom stereocenters. The predicted molar refractivity (Wildman–Crippen MR) is 95.7 cm³/mol. The van der Waals surface area contributed by atoms with Gasteiger partial charge in [0, 0.05) is 23.4 Å². The van der Waals surface area contributed by atoms with Crippen LogP contribution < -0.4 is 5.32 Å². The number of hydrogen-bond donors (Lipinski definition) is 1. The molecule has 0 saturated carbocycles. The van der Waals surface area contributed by atoms with Crippen molar-refractivity contribution in [2.45, 2.75) is 32.8 Å².